The van der Waals surface area contributed by atoms with Gasteiger partial charge in [0, 0.05) is 18.8 Å². The molecule has 0 spiro atoms. The molecule has 0 saturated carbocycles. The van der Waals surface area contributed by atoms with Crippen molar-refractivity contribution in [2.45, 2.75) is 38.6 Å². The number of anilines is 1. The lowest BCUT2D eigenvalue weighted by molar-refractivity contribution is 0.317. The van der Waals surface area contributed by atoms with Crippen LogP contribution in [0.5, 0.6) is 5.75 Å². The largest absolute Gasteiger partial charge is 0.490 e. The average molecular weight is 249 g/mol. The molecule has 1 atom stereocenters. The molecule has 4 heteroatoms. The highest BCUT2D eigenvalue weighted by molar-refractivity contribution is 5.49. The Morgan fingerprint density at radius 2 is 2.50 bits per heavy atom. The van der Waals surface area contributed by atoms with E-state index in [9.17, 15) is 0 Å². The third-order valence-electron chi connectivity index (χ3n) is 3.18. The molecule has 0 bridgehead atoms. The maximum atomic E-state index is 5.67. The van der Waals surface area contributed by atoms with Crippen molar-refractivity contribution in [1.29, 1.82) is 0 Å². The van der Waals surface area contributed by atoms with Crippen LogP contribution in [0.25, 0.3) is 0 Å². The highest BCUT2D eigenvalue weighted by Crippen LogP contribution is 2.21. The van der Waals surface area contributed by atoms with E-state index in [0.29, 0.717) is 6.04 Å². The summed E-state index contributed by atoms with van der Waals surface area (Å²) in [6, 6.07) is 4.55. The summed E-state index contributed by atoms with van der Waals surface area (Å²) in [4.78, 5) is 4.34. The summed E-state index contributed by atoms with van der Waals surface area (Å²) in [5.74, 6) is 1.72. The van der Waals surface area contributed by atoms with Gasteiger partial charge < -0.3 is 15.4 Å². The van der Waals surface area contributed by atoms with Crippen molar-refractivity contribution in [3.05, 3.63) is 18.3 Å². The third-order valence-corrected chi connectivity index (χ3v) is 3.18. The number of nitrogens with zero attached hydrogens (tertiary/aromatic N) is 1. The number of ether oxygens (including phenoxy) is 1. The van der Waals surface area contributed by atoms with E-state index in [0.717, 1.165) is 37.6 Å². The lowest BCUT2D eigenvalue weighted by Gasteiger charge is -2.13. The number of rotatable bonds is 7. The second-order valence-electron chi connectivity index (χ2n) is 4.71. The van der Waals surface area contributed by atoms with Gasteiger partial charge in [-0.1, -0.05) is 6.92 Å². The lowest BCUT2D eigenvalue weighted by atomic mass is 10.1. The number of pyridine rings is 1. The van der Waals surface area contributed by atoms with Crippen LogP contribution in [0, 0.1) is 0 Å². The molecule has 0 aromatic carbocycles. The standard InChI is InChI=1S/C14H23N3O/c1-2-11-18-13-6-4-9-16-14(13)17-10-7-12-5-3-8-15-12/h4,6,9,12,15H,2-3,5,7-8,10-11H2,1H3,(H,16,17). The van der Waals surface area contributed by atoms with E-state index >= 15 is 0 Å². The molecule has 2 rings (SSSR count). The Morgan fingerprint density at radius 3 is 3.28 bits per heavy atom. The highest BCUT2D eigenvalue weighted by atomic mass is 16.5. The molecule has 0 radical (unpaired) electrons. The zero-order valence-corrected chi connectivity index (χ0v) is 11.1. The molecular weight excluding hydrogens is 226 g/mol. The van der Waals surface area contributed by atoms with E-state index in [1.165, 1.54) is 19.4 Å². The van der Waals surface area contributed by atoms with Crippen LogP contribution in [0.1, 0.15) is 32.6 Å². The predicted molar refractivity (Wildman–Crippen MR) is 74.2 cm³/mol. The molecule has 1 fully saturated rings. The molecule has 1 saturated heterocycles. The van der Waals surface area contributed by atoms with Crippen molar-refractivity contribution in [3.63, 3.8) is 0 Å². The second kappa shape index (κ2) is 7.21. The van der Waals surface area contributed by atoms with Crippen molar-refractivity contribution >= 4 is 5.82 Å². The van der Waals surface area contributed by atoms with Crippen LogP contribution in [0.2, 0.25) is 0 Å². The molecule has 18 heavy (non-hydrogen) atoms. The van der Waals surface area contributed by atoms with Crippen molar-refractivity contribution in [2.24, 2.45) is 0 Å². The van der Waals surface area contributed by atoms with Crippen LogP contribution >= 0.6 is 0 Å². The van der Waals surface area contributed by atoms with Crippen LogP contribution in [0.3, 0.4) is 0 Å². The first-order valence-corrected chi connectivity index (χ1v) is 6.95. The first-order chi connectivity index (χ1) is 8.90. The first kappa shape index (κ1) is 13.1. The molecule has 100 valence electrons. The van der Waals surface area contributed by atoms with Crippen molar-refractivity contribution in [2.75, 3.05) is 25.0 Å². The smallest absolute Gasteiger partial charge is 0.168 e. The average Bonchev–Trinajstić information content (AvgIpc) is 2.91. The van der Waals surface area contributed by atoms with Crippen LogP contribution < -0.4 is 15.4 Å². The number of aromatic nitrogens is 1. The summed E-state index contributed by atoms with van der Waals surface area (Å²) < 4.78 is 5.67. The van der Waals surface area contributed by atoms with E-state index in [2.05, 4.69) is 22.5 Å². The van der Waals surface area contributed by atoms with Crippen LogP contribution in [-0.4, -0.2) is 30.7 Å². The fourth-order valence-corrected chi connectivity index (χ4v) is 2.22. The molecule has 2 heterocycles. The lowest BCUT2D eigenvalue weighted by Crippen LogP contribution is -2.24. The van der Waals surface area contributed by atoms with Gasteiger partial charge in [0.25, 0.3) is 0 Å². The third kappa shape index (κ3) is 3.88. The van der Waals surface area contributed by atoms with Gasteiger partial charge in [0.1, 0.15) is 0 Å². The Bertz CT molecular complexity index is 351. The Labute approximate surface area is 109 Å². The fourth-order valence-electron chi connectivity index (χ4n) is 2.22. The molecule has 1 aliphatic heterocycles. The van der Waals surface area contributed by atoms with E-state index in [1.54, 1.807) is 6.20 Å². The number of hydrogen-bond acceptors (Lipinski definition) is 4. The van der Waals surface area contributed by atoms with E-state index in [1.807, 2.05) is 12.1 Å². The normalized spacial score (nSPS) is 18.8. The molecule has 0 amide bonds. The highest BCUT2D eigenvalue weighted by Gasteiger charge is 2.13. The van der Waals surface area contributed by atoms with Gasteiger partial charge in [-0.05, 0) is 44.4 Å². The Kier molecular flexibility index (Phi) is 5.27. The molecule has 1 aliphatic rings. The van der Waals surface area contributed by atoms with Crippen LogP contribution in [-0.2, 0) is 0 Å². The number of nitrogens with one attached hydrogen (secondary N) is 2. The van der Waals surface area contributed by atoms with Crippen molar-refractivity contribution in [1.82, 2.24) is 10.3 Å². The van der Waals surface area contributed by atoms with Crippen LogP contribution in [0.15, 0.2) is 18.3 Å². The summed E-state index contributed by atoms with van der Waals surface area (Å²) in [5.41, 5.74) is 0. The minimum absolute atomic E-state index is 0.668. The molecule has 1 aromatic heterocycles. The minimum atomic E-state index is 0.668. The Balaban J connectivity index is 1.79. The van der Waals surface area contributed by atoms with Gasteiger partial charge in [-0.2, -0.15) is 0 Å². The number of hydrogen-bond donors (Lipinski definition) is 2. The SMILES string of the molecule is CCCOc1cccnc1NCCC1CCCN1. The van der Waals surface area contributed by atoms with Gasteiger partial charge in [-0.3, -0.25) is 0 Å². The zero-order valence-electron chi connectivity index (χ0n) is 11.1. The molecule has 4 nitrogen and oxygen atoms in total. The molecule has 1 unspecified atom stereocenters. The van der Waals surface area contributed by atoms with Gasteiger partial charge in [-0.15, -0.1) is 0 Å². The van der Waals surface area contributed by atoms with Gasteiger partial charge >= 0.3 is 0 Å². The van der Waals surface area contributed by atoms with E-state index in [4.69, 9.17) is 4.74 Å². The van der Waals surface area contributed by atoms with E-state index in [-0.39, 0.29) is 0 Å². The first-order valence-electron chi connectivity index (χ1n) is 6.95. The fraction of sp³-hybridized carbons (Fsp3) is 0.643. The predicted octanol–water partition coefficient (Wildman–Crippen LogP) is 2.42. The van der Waals surface area contributed by atoms with Gasteiger partial charge in [0.2, 0.25) is 0 Å². The minimum Gasteiger partial charge on any atom is -0.490 e. The van der Waals surface area contributed by atoms with Gasteiger partial charge in [0.15, 0.2) is 11.6 Å². The quantitative estimate of drug-likeness (QED) is 0.779. The molecule has 1 aromatic rings. The summed E-state index contributed by atoms with van der Waals surface area (Å²) in [6.07, 6.45) is 6.56. The maximum absolute atomic E-state index is 5.67. The summed E-state index contributed by atoms with van der Waals surface area (Å²) in [7, 11) is 0. The Hall–Kier alpha value is -1.29. The van der Waals surface area contributed by atoms with Gasteiger partial charge in [-0.25, -0.2) is 4.98 Å². The summed E-state index contributed by atoms with van der Waals surface area (Å²) >= 11 is 0. The molecule has 0 aliphatic carbocycles. The van der Waals surface area contributed by atoms with Crippen molar-refractivity contribution < 1.29 is 4.74 Å². The zero-order chi connectivity index (χ0) is 12.6. The second-order valence-corrected chi connectivity index (χ2v) is 4.71. The summed E-state index contributed by atoms with van der Waals surface area (Å²) in [5, 5.41) is 6.87. The Morgan fingerprint density at radius 1 is 1.56 bits per heavy atom. The molecule has 2 N–H and O–H groups in total. The van der Waals surface area contributed by atoms with Gasteiger partial charge in [0.05, 0.1) is 6.61 Å². The van der Waals surface area contributed by atoms with E-state index < -0.39 is 0 Å². The van der Waals surface area contributed by atoms with Crippen molar-refractivity contribution in [3.8, 4) is 5.75 Å². The van der Waals surface area contributed by atoms with Crippen LogP contribution in [0.4, 0.5) is 5.82 Å². The monoisotopic (exact) mass is 249 g/mol. The summed E-state index contributed by atoms with van der Waals surface area (Å²) in [6.45, 7) is 4.95. The molecular formula is C14H23N3O. The topological polar surface area (TPSA) is 46.2 Å². The maximum Gasteiger partial charge on any atom is 0.168 e.